The van der Waals surface area contributed by atoms with Crippen molar-refractivity contribution in [3.8, 4) is 11.5 Å². The lowest BCUT2D eigenvalue weighted by atomic mass is 9.68. The first-order valence-electron chi connectivity index (χ1n) is 31.0. The van der Waals surface area contributed by atoms with Crippen LogP contribution in [0.3, 0.4) is 0 Å². The molecule has 2 saturated heterocycles. The van der Waals surface area contributed by atoms with E-state index >= 15 is 0 Å². The third kappa shape index (κ3) is 11.8. The van der Waals surface area contributed by atoms with Crippen LogP contribution in [0, 0.1) is 35.5 Å². The van der Waals surface area contributed by atoms with E-state index in [-0.39, 0.29) is 57.5 Å². The number of carbonyl (C=O) groups is 2. The zero-order valence-corrected chi connectivity index (χ0v) is 51.6. The number of allylic oxidation sites excluding steroid dienone is 2. The van der Waals surface area contributed by atoms with Crippen LogP contribution < -0.4 is 28.7 Å². The van der Waals surface area contributed by atoms with Crippen molar-refractivity contribution in [1.29, 1.82) is 0 Å². The average Bonchev–Trinajstić information content (AvgIpc) is 2.01. The van der Waals surface area contributed by atoms with Crippen LogP contribution in [0.4, 0.5) is 11.4 Å². The van der Waals surface area contributed by atoms with Gasteiger partial charge in [0.05, 0.1) is 60.5 Å². The molecule has 4 aromatic carbocycles. The van der Waals surface area contributed by atoms with Crippen molar-refractivity contribution in [3.63, 3.8) is 0 Å². The van der Waals surface area contributed by atoms with Crippen LogP contribution in [-0.2, 0) is 53.2 Å². The van der Waals surface area contributed by atoms with Crippen LogP contribution in [-0.4, -0.2) is 127 Å². The molecule has 4 bridgehead atoms. The van der Waals surface area contributed by atoms with E-state index < -0.39 is 54.6 Å². The molecule has 6 heterocycles. The molecule has 0 aromatic heterocycles. The first-order chi connectivity index (χ1) is 41.4. The Morgan fingerprint density at radius 1 is 0.547 bits per heavy atom. The van der Waals surface area contributed by atoms with Crippen molar-refractivity contribution in [3.05, 3.63) is 141 Å². The Kier molecular flexibility index (Phi) is 16.9. The van der Waals surface area contributed by atoms with E-state index in [1.165, 1.54) is 22.3 Å². The molecule has 10 aliphatic rings. The molecule has 14 rings (SSSR count). The standard InChI is InChI=1S/2C33H39ClN2O6S/c2*34-25-8-10-27-21(15-25)4-2-13-33(27)19-36-17-23-6-9-26(23)29(37)5-1-3-24-18-41-14-12-31(24)43(39,40)35-32(38)22-7-11-30(42-20-33)28(36)16-22/h2*1,5,7-8,10-11,15-16,23-24,26,29,31,37H,2-4,6,9,12-14,17-20H2,(H,35,38)/b2*5-1+/t23-,24+,26+,29-,31+,33-;23-,24-,26+,29-,31-,33-/m00/s1. The Balaban J connectivity index is 0.000000160. The van der Waals surface area contributed by atoms with E-state index in [0.29, 0.717) is 103 Å². The molecule has 0 unspecified atom stereocenters. The number of fused-ring (bicyclic) bond motifs is 10. The second-order valence-electron chi connectivity index (χ2n) is 26.2. The largest absolute Gasteiger partial charge is 0.490 e. The first-order valence-corrected chi connectivity index (χ1v) is 34.9. The highest BCUT2D eigenvalue weighted by Gasteiger charge is 2.48. The Morgan fingerprint density at radius 3 is 1.41 bits per heavy atom. The molecule has 86 heavy (non-hydrogen) atoms. The number of aryl methyl sites for hydroxylation is 2. The molecular weight excluding hydrogens is 1180 g/mol. The monoisotopic (exact) mass is 1250 g/mol. The molecule has 2 spiro atoms. The van der Waals surface area contributed by atoms with Crippen molar-refractivity contribution in [2.45, 2.75) is 123 Å². The number of ether oxygens (including phenoxy) is 4. The van der Waals surface area contributed by atoms with Gasteiger partial charge in [0.2, 0.25) is 20.0 Å². The van der Waals surface area contributed by atoms with Gasteiger partial charge in [-0.1, -0.05) is 59.6 Å². The molecule has 4 aromatic rings. The van der Waals surface area contributed by atoms with Crippen molar-refractivity contribution < 1.29 is 55.6 Å². The second-order valence-corrected chi connectivity index (χ2v) is 30.8. The number of hydrogen-bond acceptors (Lipinski definition) is 14. The SMILES string of the molecule is O=C1NS(=O)(=O)[C@@H]2CCOC[C@H]2C/C=C/[C@H](O)[C@@H]2CC[C@H]2CN2C[C@@]3(CCCc4cc(Cl)ccc43)COc3ccc1cc32.O=C1NS(=O)(=O)[C@H]2CCOC[C@@H]2C/C=C/[C@H](O)[C@@H]2CC[C@H]2CN2C[C@@]3(CCCc4cc(Cl)ccc43)COc3ccc1cc32. The summed E-state index contributed by atoms with van der Waals surface area (Å²) in [5.41, 5.74) is 6.62. The van der Waals surface area contributed by atoms with E-state index in [1.807, 2.05) is 36.4 Å². The van der Waals surface area contributed by atoms with Gasteiger partial charge < -0.3 is 39.0 Å². The number of halogens is 2. The van der Waals surface area contributed by atoms with Gasteiger partial charge in [-0.2, -0.15) is 0 Å². The fourth-order valence-electron chi connectivity index (χ4n) is 16.0. The topological polar surface area (TPSA) is 210 Å². The Bertz CT molecular complexity index is 3320. The molecule has 2 amide bonds. The lowest BCUT2D eigenvalue weighted by molar-refractivity contribution is 0.0444. The summed E-state index contributed by atoms with van der Waals surface area (Å²) in [6.45, 7) is 5.04. The number of benzene rings is 4. The van der Waals surface area contributed by atoms with Crippen molar-refractivity contribution in [2.24, 2.45) is 35.5 Å². The summed E-state index contributed by atoms with van der Waals surface area (Å²) >= 11 is 12.8. The highest BCUT2D eigenvalue weighted by atomic mass is 35.5. The van der Waals surface area contributed by atoms with E-state index in [0.717, 1.165) is 85.6 Å². The number of rotatable bonds is 0. The lowest BCUT2D eigenvalue weighted by Gasteiger charge is -2.45. The molecule has 4 N–H and O–H groups in total. The molecule has 12 atom stereocenters. The van der Waals surface area contributed by atoms with Crippen LogP contribution >= 0.6 is 23.2 Å². The van der Waals surface area contributed by atoms with E-state index in [1.54, 1.807) is 36.4 Å². The fraction of sp³-hybridized carbons (Fsp3) is 0.545. The minimum absolute atomic E-state index is 0.110. The molecule has 4 aliphatic carbocycles. The summed E-state index contributed by atoms with van der Waals surface area (Å²) in [5, 5.41) is 22.4. The molecule has 460 valence electrons. The van der Waals surface area contributed by atoms with Crippen LogP contribution in [0.15, 0.2) is 97.1 Å². The van der Waals surface area contributed by atoms with E-state index in [2.05, 4.69) is 43.5 Å². The number of nitrogens with zero attached hydrogens (tertiary/aromatic N) is 2. The first kappa shape index (κ1) is 59.8. The van der Waals surface area contributed by atoms with Gasteiger partial charge in [-0.05, 0) is 196 Å². The summed E-state index contributed by atoms with van der Waals surface area (Å²) in [6, 6.07) is 22.8. The van der Waals surface area contributed by atoms with Crippen LogP contribution in [0.25, 0.3) is 0 Å². The van der Waals surface area contributed by atoms with Crippen LogP contribution in [0.2, 0.25) is 10.0 Å². The maximum absolute atomic E-state index is 13.5. The Labute approximate surface area is 515 Å². The zero-order chi connectivity index (χ0) is 59.5. The van der Waals surface area contributed by atoms with Gasteiger partial charge in [0, 0.05) is 83.2 Å². The van der Waals surface area contributed by atoms with Gasteiger partial charge >= 0.3 is 0 Å². The van der Waals surface area contributed by atoms with Gasteiger partial charge in [0.1, 0.15) is 11.5 Å². The van der Waals surface area contributed by atoms with Crippen LogP contribution in [0.1, 0.15) is 120 Å². The summed E-state index contributed by atoms with van der Waals surface area (Å²) in [4.78, 5) is 31.6. The quantitative estimate of drug-likeness (QED) is 0.121. The number of aliphatic hydroxyl groups excluding tert-OH is 2. The number of carbonyl (C=O) groups excluding carboxylic acids is 2. The lowest BCUT2D eigenvalue weighted by Crippen LogP contribution is -2.49. The summed E-state index contributed by atoms with van der Waals surface area (Å²) in [5.74, 6) is 0.255. The third-order valence-electron chi connectivity index (χ3n) is 21.0. The molecule has 6 aliphatic heterocycles. The van der Waals surface area contributed by atoms with Crippen molar-refractivity contribution in [2.75, 3.05) is 75.6 Å². The fourth-order valence-corrected chi connectivity index (χ4v) is 19.7. The predicted octanol–water partition coefficient (Wildman–Crippen LogP) is 9.25. The zero-order valence-electron chi connectivity index (χ0n) is 48.4. The van der Waals surface area contributed by atoms with E-state index in [4.69, 9.17) is 42.1 Å². The van der Waals surface area contributed by atoms with Crippen molar-refractivity contribution >= 4 is 66.4 Å². The molecule has 20 heteroatoms. The number of hydrogen-bond donors (Lipinski definition) is 4. The summed E-state index contributed by atoms with van der Waals surface area (Å²) in [7, 11) is -7.93. The highest BCUT2D eigenvalue weighted by molar-refractivity contribution is 7.91. The minimum Gasteiger partial charge on any atom is -0.490 e. The Morgan fingerprint density at radius 2 is 0.988 bits per heavy atom. The summed E-state index contributed by atoms with van der Waals surface area (Å²) < 4.78 is 83.0. The van der Waals surface area contributed by atoms with Gasteiger partial charge in [0.15, 0.2) is 0 Å². The number of nitrogens with one attached hydrogen (secondary N) is 2. The molecule has 16 nitrogen and oxygen atoms in total. The second kappa shape index (κ2) is 24.3. The Hall–Kier alpha value is -5.18. The minimum atomic E-state index is -3.96. The third-order valence-corrected chi connectivity index (χ3v) is 25.2. The van der Waals surface area contributed by atoms with Crippen molar-refractivity contribution in [1.82, 2.24) is 9.44 Å². The smallest absolute Gasteiger partial charge is 0.264 e. The predicted molar refractivity (Wildman–Crippen MR) is 331 cm³/mol. The van der Waals surface area contributed by atoms with E-state index in [9.17, 15) is 36.6 Å². The maximum Gasteiger partial charge on any atom is 0.264 e. The van der Waals surface area contributed by atoms with Gasteiger partial charge in [-0.3, -0.25) is 9.59 Å². The normalized spacial score (nSPS) is 34.3. The highest BCUT2D eigenvalue weighted by Crippen LogP contribution is 2.49. The van der Waals surface area contributed by atoms with Crippen LogP contribution in [0.5, 0.6) is 11.5 Å². The number of aliphatic hydroxyl groups is 2. The summed E-state index contributed by atoms with van der Waals surface area (Å²) in [6.07, 6.45) is 17.6. The molecule has 4 fully saturated rings. The van der Waals surface area contributed by atoms with Gasteiger partial charge in [-0.15, -0.1) is 0 Å². The average molecular weight is 1250 g/mol. The van der Waals surface area contributed by atoms with Gasteiger partial charge in [-0.25, -0.2) is 26.3 Å². The molecule has 2 saturated carbocycles. The molecular formula is C66H78Cl2N4O12S2. The number of sulfonamides is 2. The van der Waals surface area contributed by atoms with Gasteiger partial charge in [0.25, 0.3) is 11.8 Å². The maximum atomic E-state index is 13.5. The number of amides is 2. The molecule has 0 radical (unpaired) electrons. The number of anilines is 2.